The van der Waals surface area contributed by atoms with Crippen LogP contribution in [0.15, 0.2) is 42.5 Å². The molecule has 0 radical (unpaired) electrons. The highest BCUT2D eigenvalue weighted by molar-refractivity contribution is 6.09. The molecule has 0 aliphatic carbocycles. The van der Waals surface area contributed by atoms with E-state index in [1.807, 2.05) is 19.1 Å². The van der Waals surface area contributed by atoms with E-state index in [2.05, 4.69) is 0 Å². The molecule has 0 N–H and O–H groups in total. The van der Waals surface area contributed by atoms with Crippen LogP contribution in [0.2, 0.25) is 0 Å². The molecular weight excluding hydrogens is 277 g/mol. The quantitative estimate of drug-likeness (QED) is 0.742. The molecular formula is C17H15F3O. The molecule has 0 atom stereocenters. The molecule has 0 bridgehead atoms. The van der Waals surface area contributed by atoms with Gasteiger partial charge in [-0.25, -0.2) is 0 Å². The molecule has 0 spiro atoms. The summed E-state index contributed by atoms with van der Waals surface area (Å²) in [4.78, 5) is 12.3. The van der Waals surface area contributed by atoms with Crippen molar-refractivity contribution >= 4 is 5.78 Å². The molecule has 0 aromatic heterocycles. The van der Waals surface area contributed by atoms with Crippen molar-refractivity contribution in [2.24, 2.45) is 0 Å². The van der Waals surface area contributed by atoms with Crippen LogP contribution in [0.4, 0.5) is 13.2 Å². The minimum Gasteiger partial charge on any atom is -0.289 e. The zero-order chi connectivity index (χ0) is 15.6. The fourth-order valence-corrected chi connectivity index (χ4v) is 2.14. The first kappa shape index (κ1) is 15.3. The summed E-state index contributed by atoms with van der Waals surface area (Å²) in [5.41, 5.74) is 1.48. The van der Waals surface area contributed by atoms with Crippen molar-refractivity contribution in [1.82, 2.24) is 0 Å². The van der Waals surface area contributed by atoms with Crippen LogP contribution >= 0.6 is 0 Å². The monoisotopic (exact) mass is 292 g/mol. The molecule has 0 unspecified atom stereocenters. The summed E-state index contributed by atoms with van der Waals surface area (Å²) in [6, 6.07) is 10.3. The van der Waals surface area contributed by atoms with E-state index in [4.69, 9.17) is 0 Å². The van der Waals surface area contributed by atoms with Gasteiger partial charge in [0.1, 0.15) is 0 Å². The lowest BCUT2D eigenvalue weighted by atomic mass is 9.96. The number of aryl methyl sites for hydroxylation is 2. The van der Waals surface area contributed by atoms with Crippen LogP contribution < -0.4 is 0 Å². The van der Waals surface area contributed by atoms with Crippen LogP contribution in [0.5, 0.6) is 0 Å². The van der Waals surface area contributed by atoms with E-state index < -0.39 is 11.7 Å². The Balaban J connectivity index is 2.35. The Morgan fingerprint density at radius 1 is 1.05 bits per heavy atom. The van der Waals surface area contributed by atoms with Crippen LogP contribution in [-0.2, 0) is 12.6 Å². The van der Waals surface area contributed by atoms with E-state index in [0.29, 0.717) is 16.7 Å². The number of rotatable bonds is 3. The number of carbonyl (C=O) groups is 1. The molecule has 4 heteroatoms. The number of ketones is 1. The minimum atomic E-state index is -4.39. The summed E-state index contributed by atoms with van der Waals surface area (Å²) in [5, 5.41) is 0. The average Bonchev–Trinajstić information content (AvgIpc) is 2.45. The number of hydrogen-bond donors (Lipinski definition) is 0. The fourth-order valence-electron chi connectivity index (χ4n) is 2.14. The maximum Gasteiger partial charge on any atom is 0.416 e. The number of carbonyl (C=O) groups excluding carboxylic acids is 1. The molecule has 2 aromatic carbocycles. The van der Waals surface area contributed by atoms with Crippen molar-refractivity contribution in [3.8, 4) is 0 Å². The maximum absolute atomic E-state index is 12.6. The Labute approximate surface area is 121 Å². The van der Waals surface area contributed by atoms with Gasteiger partial charge in [0, 0.05) is 11.1 Å². The predicted molar refractivity (Wildman–Crippen MR) is 75.4 cm³/mol. The Hall–Kier alpha value is -2.10. The minimum absolute atomic E-state index is 0.260. The normalized spacial score (nSPS) is 11.5. The van der Waals surface area contributed by atoms with Crippen LogP contribution in [0, 0.1) is 6.92 Å². The summed E-state index contributed by atoms with van der Waals surface area (Å²) in [6.07, 6.45) is -3.52. The summed E-state index contributed by atoms with van der Waals surface area (Å²) in [7, 11) is 0. The van der Waals surface area contributed by atoms with Crippen LogP contribution in [0.3, 0.4) is 0 Å². The van der Waals surface area contributed by atoms with Gasteiger partial charge in [-0.3, -0.25) is 4.79 Å². The number of halogens is 3. The van der Waals surface area contributed by atoms with Gasteiger partial charge in [-0.15, -0.1) is 0 Å². The second kappa shape index (κ2) is 5.72. The number of alkyl halides is 3. The van der Waals surface area contributed by atoms with Crippen molar-refractivity contribution in [2.75, 3.05) is 0 Å². The molecule has 0 saturated heterocycles. The summed E-state index contributed by atoms with van der Waals surface area (Å²) >= 11 is 0. The first-order valence-electron chi connectivity index (χ1n) is 6.64. The molecule has 21 heavy (non-hydrogen) atoms. The second-order valence-corrected chi connectivity index (χ2v) is 4.91. The molecule has 0 fully saturated rings. The van der Waals surface area contributed by atoms with Crippen molar-refractivity contribution in [2.45, 2.75) is 26.4 Å². The summed E-state index contributed by atoms with van der Waals surface area (Å²) in [5.74, 6) is -0.260. The van der Waals surface area contributed by atoms with E-state index in [-0.39, 0.29) is 5.78 Å². The summed E-state index contributed by atoms with van der Waals surface area (Å²) in [6.45, 7) is 3.53. The lowest BCUT2D eigenvalue weighted by molar-refractivity contribution is -0.137. The topological polar surface area (TPSA) is 17.1 Å². The molecule has 0 aliphatic rings. The van der Waals surface area contributed by atoms with Gasteiger partial charge in [-0.1, -0.05) is 37.3 Å². The lowest BCUT2D eigenvalue weighted by Gasteiger charge is -2.10. The van der Waals surface area contributed by atoms with Gasteiger partial charge in [0.2, 0.25) is 0 Å². The molecule has 2 aromatic rings. The molecule has 0 heterocycles. The van der Waals surface area contributed by atoms with Gasteiger partial charge in [-0.2, -0.15) is 13.2 Å². The summed E-state index contributed by atoms with van der Waals surface area (Å²) < 4.78 is 37.9. The highest BCUT2D eigenvalue weighted by Gasteiger charge is 2.31. The van der Waals surface area contributed by atoms with Crippen molar-refractivity contribution in [3.05, 3.63) is 70.3 Å². The van der Waals surface area contributed by atoms with Gasteiger partial charge in [0.15, 0.2) is 5.78 Å². The van der Waals surface area contributed by atoms with E-state index in [9.17, 15) is 18.0 Å². The highest BCUT2D eigenvalue weighted by atomic mass is 19.4. The third-order valence-corrected chi connectivity index (χ3v) is 3.42. The zero-order valence-corrected chi connectivity index (χ0v) is 11.8. The molecule has 0 saturated carbocycles. The standard InChI is InChI=1S/C17H15F3O/c1-3-12-4-6-13(7-5-12)16(21)15-9-8-14(10-11(15)2)17(18,19)20/h4-10H,3H2,1-2H3. The Morgan fingerprint density at radius 2 is 1.67 bits per heavy atom. The second-order valence-electron chi connectivity index (χ2n) is 4.91. The fraction of sp³-hybridized carbons (Fsp3) is 0.235. The van der Waals surface area contributed by atoms with Crippen molar-refractivity contribution in [3.63, 3.8) is 0 Å². The van der Waals surface area contributed by atoms with Crippen molar-refractivity contribution in [1.29, 1.82) is 0 Å². The first-order chi connectivity index (χ1) is 9.82. The van der Waals surface area contributed by atoms with Crippen LogP contribution in [0.1, 0.15) is 39.5 Å². The Kier molecular flexibility index (Phi) is 4.16. The van der Waals surface area contributed by atoms with Gasteiger partial charge < -0.3 is 0 Å². The Bertz CT molecular complexity index is 655. The average molecular weight is 292 g/mol. The Morgan fingerprint density at radius 3 is 2.14 bits per heavy atom. The van der Waals surface area contributed by atoms with Gasteiger partial charge >= 0.3 is 6.18 Å². The van der Waals surface area contributed by atoms with Crippen molar-refractivity contribution < 1.29 is 18.0 Å². The van der Waals surface area contributed by atoms with Gasteiger partial charge in [0.25, 0.3) is 0 Å². The van der Waals surface area contributed by atoms with E-state index in [1.54, 1.807) is 12.1 Å². The molecule has 0 aliphatic heterocycles. The smallest absolute Gasteiger partial charge is 0.289 e. The van der Waals surface area contributed by atoms with E-state index in [0.717, 1.165) is 24.1 Å². The van der Waals surface area contributed by atoms with E-state index in [1.165, 1.54) is 13.0 Å². The third-order valence-electron chi connectivity index (χ3n) is 3.42. The largest absolute Gasteiger partial charge is 0.416 e. The van der Waals surface area contributed by atoms with E-state index >= 15 is 0 Å². The molecule has 110 valence electrons. The van der Waals surface area contributed by atoms with Crippen LogP contribution in [0.25, 0.3) is 0 Å². The highest BCUT2D eigenvalue weighted by Crippen LogP contribution is 2.30. The molecule has 2 rings (SSSR count). The SMILES string of the molecule is CCc1ccc(C(=O)c2ccc(C(F)(F)F)cc2C)cc1. The van der Waals surface area contributed by atoms with Gasteiger partial charge in [-0.05, 0) is 36.6 Å². The third kappa shape index (κ3) is 3.32. The zero-order valence-electron chi connectivity index (χ0n) is 11.8. The number of benzene rings is 2. The number of hydrogen-bond acceptors (Lipinski definition) is 1. The van der Waals surface area contributed by atoms with Gasteiger partial charge in [0.05, 0.1) is 5.56 Å². The first-order valence-corrected chi connectivity index (χ1v) is 6.64. The predicted octanol–water partition coefficient (Wildman–Crippen LogP) is 4.81. The lowest BCUT2D eigenvalue weighted by Crippen LogP contribution is -2.09. The molecule has 1 nitrogen and oxygen atoms in total. The molecule has 0 amide bonds. The van der Waals surface area contributed by atoms with Crippen LogP contribution in [-0.4, -0.2) is 5.78 Å². The maximum atomic E-state index is 12.6.